The van der Waals surface area contributed by atoms with Crippen LogP contribution in [0.15, 0.2) is 0 Å². The Kier molecular flexibility index (Phi) is 2.05. The maximum absolute atomic E-state index is 10.3. The van der Waals surface area contributed by atoms with E-state index in [0.717, 1.165) is 25.0 Å². The van der Waals surface area contributed by atoms with Crippen LogP contribution in [0.4, 0.5) is 0 Å². The van der Waals surface area contributed by atoms with Crippen molar-refractivity contribution in [3.63, 3.8) is 0 Å². The summed E-state index contributed by atoms with van der Waals surface area (Å²) in [7, 11) is 0. The number of likely N-dealkylation sites (tertiary alicyclic amines) is 1. The second kappa shape index (κ2) is 3.05. The third-order valence-electron chi connectivity index (χ3n) is 3.17. The summed E-state index contributed by atoms with van der Waals surface area (Å²) in [6.45, 7) is 1.91. The van der Waals surface area contributed by atoms with E-state index in [1.807, 2.05) is 0 Å². The predicted molar refractivity (Wildman–Crippen MR) is 45.0 cm³/mol. The molecule has 0 aromatic rings. The molecule has 2 rings (SSSR count). The molecule has 2 unspecified atom stereocenters. The number of hydrogen-bond acceptors (Lipinski definition) is 2. The van der Waals surface area contributed by atoms with Crippen molar-refractivity contribution in [2.75, 3.05) is 13.1 Å². The molecular formula is C9H15NO2. The lowest BCUT2D eigenvalue weighted by Gasteiger charge is -2.44. The van der Waals surface area contributed by atoms with E-state index in [4.69, 9.17) is 5.11 Å². The molecule has 0 aromatic carbocycles. The van der Waals surface area contributed by atoms with Gasteiger partial charge in [-0.25, -0.2) is 0 Å². The van der Waals surface area contributed by atoms with Gasteiger partial charge < -0.3 is 5.11 Å². The van der Waals surface area contributed by atoms with Crippen LogP contribution in [0.3, 0.4) is 0 Å². The normalized spacial score (nSPS) is 34.3. The van der Waals surface area contributed by atoms with E-state index in [0.29, 0.717) is 6.42 Å². The molecule has 3 nitrogen and oxygen atoms in total. The highest BCUT2D eigenvalue weighted by Gasteiger charge is 2.41. The highest BCUT2D eigenvalue weighted by Crippen LogP contribution is 2.38. The van der Waals surface area contributed by atoms with Gasteiger partial charge in [0.25, 0.3) is 0 Å². The Bertz CT molecular complexity index is 193. The van der Waals surface area contributed by atoms with E-state index in [9.17, 15) is 4.79 Å². The Labute approximate surface area is 72.4 Å². The molecular weight excluding hydrogens is 154 g/mol. The van der Waals surface area contributed by atoms with E-state index < -0.39 is 5.97 Å². The fraction of sp³-hybridized carbons (Fsp3) is 0.889. The van der Waals surface area contributed by atoms with Gasteiger partial charge >= 0.3 is 5.97 Å². The minimum Gasteiger partial charge on any atom is -0.481 e. The highest BCUT2D eigenvalue weighted by atomic mass is 16.4. The summed E-state index contributed by atoms with van der Waals surface area (Å²) in [6.07, 6.45) is 4.32. The van der Waals surface area contributed by atoms with Gasteiger partial charge in [0.05, 0.1) is 6.42 Å². The molecule has 2 atom stereocenters. The van der Waals surface area contributed by atoms with Gasteiger partial charge in [-0.15, -0.1) is 0 Å². The minimum absolute atomic E-state index is 0.309. The van der Waals surface area contributed by atoms with Crippen LogP contribution in [0.25, 0.3) is 0 Å². The predicted octanol–water partition coefficient (Wildman–Crippen LogP) is 0.945. The van der Waals surface area contributed by atoms with Gasteiger partial charge in [-0.1, -0.05) is 6.42 Å². The number of carboxylic acids is 1. The molecule has 0 aromatic heterocycles. The van der Waals surface area contributed by atoms with Gasteiger partial charge in [-0.05, 0) is 18.8 Å². The molecule has 2 fully saturated rings. The minimum atomic E-state index is -0.670. The zero-order chi connectivity index (χ0) is 8.55. The highest BCUT2D eigenvalue weighted by molar-refractivity contribution is 5.66. The summed E-state index contributed by atoms with van der Waals surface area (Å²) in [5.41, 5.74) is 0. The van der Waals surface area contributed by atoms with E-state index >= 15 is 0 Å². The summed E-state index contributed by atoms with van der Waals surface area (Å²) in [6, 6.07) is 0.740. The molecule has 0 bridgehead atoms. The summed E-state index contributed by atoms with van der Waals surface area (Å²) in [5.74, 6) is 0.232. The molecule has 0 radical (unpaired) electrons. The van der Waals surface area contributed by atoms with E-state index in [-0.39, 0.29) is 0 Å². The number of carboxylic acid groups (broad SMARTS) is 1. The summed E-state index contributed by atoms with van der Waals surface area (Å²) >= 11 is 0. The largest absolute Gasteiger partial charge is 0.481 e. The number of aliphatic carboxylic acids is 1. The Morgan fingerprint density at radius 1 is 1.50 bits per heavy atom. The molecule has 68 valence electrons. The van der Waals surface area contributed by atoms with Gasteiger partial charge in [0.15, 0.2) is 0 Å². The molecule has 3 heteroatoms. The fourth-order valence-corrected chi connectivity index (χ4v) is 2.51. The van der Waals surface area contributed by atoms with Crippen molar-refractivity contribution in [2.24, 2.45) is 5.92 Å². The first-order valence-corrected chi connectivity index (χ1v) is 4.73. The Hall–Kier alpha value is -0.570. The van der Waals surface area contributed by atoms with Crippen molar-refractivity contribution in [1.29, 1.82) is 0 Å². The lowest BCUT2D eigenvalue weighted by molar-refractivity contribution is -0.138. The molecule has 0 amide bonds. The molecule has 1 saturated carbocycles. The van der Waals surface area contributed by atoms with E-state index in [1.165, 1.54) is 19.3 Å². The van der Waals surface area contributed by atoms with Crippen molar-refractivity contribution in [3.8, 4) is 0 Å². The van der Waals surface area contributed by atoms with Crippen molar-refractivity contribution in [2.45, 2.75) is 31.7 Å². The molecule has 1 aliphatic heterocycles. The molecule has 0 spiro atoms. The Balaban J connectivity index is 1.74. The number of carbonyl (C=O) groups is 1. The Morgan fingerprint density at radius 3 is 3.00 bits per heavy atom. The molecule has 1 saturated heterocycles. The average molecular weight is 169 g/mol. The third kappa shape index (κ3) is 1.33. The topological polar surface area (TPSA) is 40.5 Å². The van der Waals surface area contributed by atoms with Gasteiger partial charge in [-0.3, -0.25) is 9.69 Å². The monoisotopic (exact) mass is 169 g/mol. The number of fused-ring (bicyclic) bond motifs is 1. The first kappa shape index (κ1) is 8.05. The van der Waals surface area contributed by atoms with Crippen molar-refractivity contribution in [1.82, 2.24) is 4.90 Å². The number of hydrogen-bond donors (Lipinski definition) is 1. The summed E-state index contributed by atoms with van der Waals surface area (Å²) < 4.78 is 0. The van der Waals surface area contributed by atoms with Crippen LogP contribution in [0.5, 0.6) is 0 Å². The Morgan fingerprint density at radius 2 is 2.33 bits per heavy atom. The van der Waals surface area contributed by atoms with Crippen LogP contribution < -0.4 is 0 Å². The van der Waals surface area contributed by atoms with Crippen LogP contribution in [0.2, 0.25) is 0 Å². The first-order valence-electron chi connectivity index (χ1n) is 4.73. The quantitative estimate of drug-likeness (QED) is 0.683. The van der Waals surface area contributed by atoms with Crippen molar-refractivity contribution < 1.29 is 9.90 Å². The second-order valence-corrected chi connectivity index (χ2v) is 3.90. The summed E-state index contributed by atoms with van der Waals surface area (Å²) in [4.78, 5) is 12.6. The maximum atomic E-state index is 10.3. The lowest BCUT2D eigenvalue weighted by Crippen LogP contribution is -2.53. The lowest BCUT2D eigenvalue weighted by atomic mass is 9.92. The second-order valence-electron chi connectivity index (χ2n) is 3.90. The first-order chi connectivity index (χ1) is 5.77. The van der Waals surface area contributed by atoms with Crippen LogP contribution in [-0.2, 0) is 4.79 Å². The third-order valence-corrected chi connectivity index (χ3v) is 3.17. The van der Waals surface area contributed by atoms with Crippen molar-refractivity contribution in [3.05, 3.63) is 0 Å². The standard InChI is InChI=1S/C9H15NO2/c11-9(12)4-5-10-6-7-2-1-3-8(7)10/h7-8H,1-6H2,(H,11,12). The van der Waals surface area contributed by atoms with Gasteiger partial charge in [0, 0.05) is 19.1 Å². The SMILES string of the molecule is O=C(O)CCN1CC2CCCC21. The zero-order valence-electron chi connectivity index (χ0n) is 7.20. The van der Waals surface area contributed by atoms with E-state index in [1.54, 1.807) is 0 Å². The molecule has 2 aliphatic rings. The van der Waals surface area contributed by atoms with Gasteiger partial charge in [0.2, 0.25) is 0 Å². The summed E-state index contributed by atoms with van der Waals surface area (Å²) in [5, 5.41) is 8.50. The van der Waals surface area contributed by atoms with Crippen LogP contribution in [-0.4, -0.2) is 35.1 Å². The fourth-order valence-electron chi connectivity index (χ4n) is 2.51. The maximum Gasteiger partial charge on any atom is 0.304 e. The molecule has 12 heavy (non-hydrogen) atoms. The van der Waals surface area contributed by atoms with Crippen LogP contribution in [0.1, 0.15) is 25.7 Å². The van der Waals surface area contributed by atoms with Crippen LogP contribution in [0, 0.1) is 5.92 Å². The number of nitrogens with zero attached hydrogens (tertiary/aromatic N) is 1. The van der Waals surface area contributed by atoms with Crippen molar-refractivity contribution >= 4 is 5.97 Å². The molecule has 1 aliphatic carbocycles. The molecule has 1 heterocycles. The van der Waals surface area contributed by atoms with E-state index in [2.05, 4.69) is 4.90 Å². The average Bonchev–Trinajstić information content (AvgIpc) is 2.32. The van der Waals surface area contributed by atoms with Crippen LogP contribution >= 0.6 is 0 Å². The molecule has 1 N–H and O–H groups in total. The smallest absolute Gasteiger partial charge is 0.304 e. The van der Waals surface area contributed by atoms with Gasteiger partial charge in [-0.2, -0.15) is 0 Å². The van der Waals surface area contributed by atoms with Gasteiger partial charge in [0.1, 0.15) is 0 Å². The zero-order valence-corrected chi connectivity index (χ0v) is 7.20. The number of rotatable bonds is 3.